The molecule has 0 atom stereocenters. The van der Waals surface area contributed by atoms with Gasteiger partial charge in [0.25, 0.3) is 0 Å². The molecule has 0 saturated heterocycles. The third-order valence-electron chi connectivity index (χ3n) is 3.50. The predicted octanol–water partition coefficient (Wildman–Crippen LogP) is 4.55. The monoisotopic (exact) mass is 415 g/mol. The molecule has 1 aromatic heterocycles. The zero-order chi connectivity index (χ0) is 16.4. The van der Waals surface area contributed by atoms with E-state index in [-0.39, 0.29) is 0 Å². The molecule has 1 N–H and O–H groups in total. The summed E-state index contributed by atoms with van der Waals surface area (Å²) in [5, 5.41) is 9.49. The summed E-state index contributed by atoms with van der Waals surface area (Å²) in [6.07, 6.45) is 1.83. The van der Waals surface area contributed by atoms with Crippen LogP contribution in [0.15, 0.2) is 36.4 Å². The van der Waals surface area contributed by atoms with Gasteiger partial charge >= 0.3 is 0 Å². The number of methoxy groups -OCH3 is 1. The van der Waals surface area contributed by atoms with Gasteiger partial charge in [-0.1, -0.05) is 12.1 Å². The highest BCUT2D eigenvalue weighted by Crippen LogP contribution is 2.25. The number of benzene rings is 2. The molecule has 0 amide bonds. The molecular weight excluding hydrogens is 401 g/mol. The molecule has 23 heavy (non-hydrogen) atoms. The molecule has 2 aromatic carbocycles. The summed E-state index contributed by atoms with van der Waals surface area (Å²) in [7, 11) is 1.64. The highest BCUT2D eigenvalue weighted by molar-refractivity contribution is 14.1. The fraction of sp³-hybridized carbons (Fsp3) is 0.111. The Morgan fingerprint density at radius 3 is 2.83 bits per heavy atom. The third kappa shape index (κ3) is 3.22. The lowest BCUT2D eigenvalue weighted by atomic mass is 10.1. The van der Waals surface area contributed by atoms with Crippen molar-refractivity contribution in [2.24, 2.45) is 0 Å². The first kappa shape index (κ1) is 15.6. The van der Waals surface area contributed by atoms with Gasteiger partial charge in [0.05, 0.1) is 27.3 Å². The molecule has 114 valence electrons. The minimum Gasteiger partial charge on any atom is -0.496 e. The Labute approximate surface area is 148 Å². The Balaban J connectivity index is 2.04. The summed E-state index contributed by atoms with van der Waals surface area (Å²) < 4.78 is 6.25. The molecule has 3 rings (SSSR count). The van der Waals surface area contributed by atoms with Crippen LogP contribution in [0.25, 0.3) is 22.7 Å². The maximum absolute atomic E-state index is 9.49. The Hall–Kier alpha value is -2.33. The van der Waals surface area contributed by atoms with Gasteiger partial charge in [-0.2, -0.15) is 5.26 Å². The molecule has 3 aromatic rings. The first-order valence-corrected chi connectivity index (χ1v) is 8.10. The molecule has 5 heteroatoms. The lowest BCUT2D eigenvalue weighted by Crippen LogP contribution is -1.88. The molecule has 4 nitrogen and oxygen atoms in total. The molecule has 0 bridgehead atoms. The lowest BCUT2D eigenvalue weighted by molar-refractivity contribution is 0.412. The highest BCUT2D eigenvalue weighted by atomic mass is 127. The largest absolute Gasteiger partial charge is 0.496 e. The van der Waals surface area contributed by atoms with Crippen molar-refractivity contribution < 1.29 is 4.74 Å². The summed E-state index contributed by atoms with van der Waals surface area (Å²) in [6, 6.07) is 14.0. The zero-order valence-electron chi connectivity index (χ0n) is 12.7. The SMILES string of the molecule is COc1ccc(C=C(C#N)c2nc3ccc(C)cc3[nH]2)cc1I. The summed E-state index contributed by atoms with van der Waals surface area (Å²) >= 11 is 2.21. The van der Waals surface area contributed by atoms with Crippen LogP contribution < -0.4 is 4.74 Å². The molecule has 0 fully saturated rings. The molecule has 0 aliphatic heterocycles. The molecule has 0 saturated carbocycles. The van der Waals surface area contributed by atoms with E-state index < -0.39 is 0 Å². The van der Waals surface area contributed by atoms with E-state index >= 15 is 0 Å². The van der Waals surface area contributed by atoms with Crippen LogP contribution in [0.3, 0.4) is 0 Å². The van der Waals surface area contributed by atoms with Crippen molar-refractivity contribution in [2.75, 3.05) is 7.11 Å². The van der Waals surface area contributed by atoms with Crippen molar-refractivity contribution in [2.45, 2.75) is 6.92 Å². The third-order valence-corrected chi connectivity index (χ3v) is 4.34. The first-order valence-electron chi connectivity index (χ1n) is 7.03. The van der Waals surface area contributed by atoms with Crippen molar-refractivity contribution in [1.82, 2.24) is 9.97 Å². The Morgan fingerprint density at radius 2 is 2.13 bits per heavy atom. The number of hydrogen-bond acceptors (Lipinski definition) is 3. The van der Waals surface area contributed by atoms with E-state index in [1.165, 1.54) is 0 Å². The fourth-order valence-corrected chi connectivity index (χ4v) is 3.10. The quantitative estimate of drug-likeness (QED) is 0.505. The van der Waals surface area contributed by atoms with Gasteiger partial charge in [-0.05, 0) is 71.0 Å². The number of nitriles is 1. The normalized spacial score (nSPS) is 11.5. The van der Waals surface area contributed by atoms with Crippen LogP contribution in [0.4, 0.5) is 0 Å². The zero-order valence-corrected chi connectivity index (χ0v) is 14.9. The van der Waals surface area contributed by atoms with Crippen LogP contribution in [0.1, 0.15) is 17.0 Å². The minimum absolute atomic E-state index is 0.500. The number of imidazole rings is 1. The average molecular weight is 415 g/mol. The topological polar surface area (TPSA) is 61.7 Å². The summed E-state index contributed by atoms with van der Waals surface area (Å²) in [4.78, 5) is 7.72. The average Bonchev–Trinajstić information content (AvgIpc) is 2.95. The van der Waals surface area contributed by atoms with Crippen LogP contribution >= 0.6 is 22.6 Å². The Bertz CT molecular complexity index is 951. The van der Waals surface area contributed by atoms with E-state index in [4.69, 9.17) is 4.74 Å². The lowest BCUT2D eigenvalue weighted by Gasteiger charge is -2.03. The second-order valence-electron chi connectivity index (χ2n) is 5.17. The summed E-state index contributed by atoms with van der Waals surface area (Å²) in [5.41, 5.74) is 4.38. The molecule has 0 aliphatic carbocycles. The summed E-state index contributed by atoms with van der Waals surface area (Å²) in [5.74, 6) is 1.40. The van der Waals surface area contributed by atoms with Gasteiger partial charge in [0.2, 0.25) is 0 Å². The van der Waals surface area contributed by atoms with E-state index in [0.29, 0.717) is 11.4 Å². The standard InChI is InChI=1S/C18H14IN3O/c1-11-3-5-15-16(7-11)22-18(21-15)13(10-20)8-12-4-6-17(23-2)14(19)9-12/h3-9H,1-2H3,(H,21,22). The highest BCUT2D eigenvalue weighted by Gasteiger charge is 2.09. The molecule has 0 unspecified atom stereocenters. The number of aromatic nitrogens is 2. The number of hydrogen-bond donors (Lipinski definition) is 1. The van der Waals surface area contributed by atoms with Gasteiger partial charge in [-0.15, -0.1) is 0 Å². The number of H-pyrrole nitrogens is 1. The van der Waals surface area contributed by atoms with E-state index in [9.17, 15) is 5.26 Å². The number of halogens is 1. The number of nitrogens with zero attached hydrogens (tertiary/aromatic N) is 2. The second kappa shape index (κ2) is 6.42. The van der Waals surface area contributed by atoms with Crippen LogP contribution in [0.2, 0.25) is 0 Å². The smallest absolute Gasteiger partial charge is 0.149 e. The van der Waals surface area contributed by atoms with Crippen molar-refractivity contribution in [3.63, 3.8) is 0 Å². The number of aryl methyl sites for hydroxylation is 1. The van der Waals surface area contributed by atoms with E-state index in [1.807, 2.05) is 49.4 Å². The second-order valence-corrected chi connectivity index (χ2v) is 6.33. The van der Waals surface area contributed by atoms with Crippen molar-refractivity contribution >= 4 is 45.3 Å². The van der Waals surface area contributed by atoms with Gasteiger partial charge in [0, 0.05) is 0 Å². The number of ether oxygens (including phenoxy) is 1. The first-order chi connectivity index (χ1) is 11.1. The number of rotatable bonds is 3. The maximum atomic E-state index is 9.49. The molecule has 0 aliphatic rings. The van der Waals surface area contributed by atoms with Crippen LogP contribution in [-0.2, 0) is 0 Å². The summed E-state index contributed by atoms with van der Waals surface area (Å²) in [6.45, 7) is 2.03. The van der Waals surface area contributed by atoms with Crippen molar-refractivity contribution in [1.29, 1.82) is 5.26 Å². The number of nitrogens with one attached hydrogen (secondary N) is 1. The minimum atomic E-state index is 0.500. The van der Waals surface area contributed by atoms with E-state index in [0.717, 1.165) is 31.5 Å². The van der Waals surface area contributed by atoms with Crippen LogP contribution in [-0.4, -0.2) is 17.1 Å². The molecular formula is C18H14IN3O. The van der Waals surface area contributed by atoms with Gasteiger partial charge < -0.3 is 9.72 Å². The fourth-order valence-electron chi connectivity index (χ4n) is 2.34. The van der Waals surface area contributed by atoms with Gasteiger partial charge in [-0.25, -0.2) is 4.98 Å². The van der Waals surface area contributed by atoms with E-state index in [2.05, 4.69) is 38.6 Å². The van der Waals surface area contributed by atoms with Crippen LogP contribution in [0, 0.1) is 21.8 Å². The molecule has 0 radical (unpaired) electrons. The number of fused-ring (bicyclic) bond motifs is 1. The van der Waals surface area contributed by atoms with Gasteiger partial charge in [0.1, 0.15) is 17.6 Å². The number of aromatic amines is 1. The van der Waals surface area contributed by atoms with Crippen molar-refractivity contribution in [3.05, 3.63) is 56.9 Å². The van der Waals surface area contributed by atoms with Gasteiger partial charge in [0.15, 0.2) is 0 Å². The maximum Gasteiger partial charge on any atom is 0.149 e. The molecule has 0 spiro atoms. The van der Waals surface area contributed by atoms with Crippen LogP contribution in [0.5, 0.6) is 5.75 Å². The van der Waals surface area contributed by atoms with Gasteiger partial charge in [-0.3, -0.25) is 0 Å². The van der Waals surface area contributed by atoms with E-state index in [1.54, 1.807) is 7.11 Å². The van der Waals surface area contributed by atoms with Crippen molar-refractivity contribution in [3.8, 4) is 11.8 Å². The Kier molecular flexibility index (Phi) is 4.35. The predicted molar refractivity (Wildman–Crippen MR) is 100 cm³/mol. The number of allylic oxidation sites excluding steroid dienone is 1. The molecule has 1 heterocycles. The Morgan fingerprint density at radius 1 is 1.30 bits per heavy atom.